The SMILES string of the molecule is CCCCNC(=O)c1ccnc(N2CCN(C/C=C/c3ccccc3)CC2)n1. The number of piperazine rings is 1. The Morgan fingerprint density at radius 2 is 1.93 bits per heavy atom. The molecule has 1 aliphatic rings. The van der Waals surface area contributed by atoms with Gasteiger partial charge in [0.25, 0.3) is 5.91 Å². The van der Waals surface area contributed by atoms with Gasteiger partial charge in [-0.15, -0.1) is 0 Å². The van der Waals surface area contributed by atoms with Crippen molar-refractivity contribution in [3.8, 4) is 0 Å². The number of rotatable bonds is 8. The maximum absolute atomic E-state index is 12.2. The van der Waals surface area contributed by atoms with E-state index < -0.39 is 0 Å². The third-order valence-corrected chi connectivity index (χ3v) is 4.82. The minimum absolute atomic E-state index is 0.123. The van der Waals surface area contributed by atoms with E-state index >= 15 is 0 Å². The number of nitrogens with zero attached hydrogens (tertiary/aromatic N) is 4. The molecule has 2 aromatic rings. The Labute approximate surface area is 167 Å². The quantitative estimate of drug-likeness (QED) is 0.715. The molecule has 1 saturated heterocycles. The van der Waals surface area contributed by atoms with Crippen molar-refractivity contribution >= 4 is 17.9 Å². The molecule has 6 nitrogen and oxygen atoms in total. The Morgan fingerprint density at radius 1 is 1.14 bits per heavy atom. The Balaban J connectivity index is 1.48. The van der Waals surface area contributed by atoms with Gasteiger partial charge in [0, 0.05) is 45.5 Å². The highest BCUT2D eigenvalue weighted by Crippen LogP contribution is 2.12. The van der Waals surface area contributed by atoms with Crippen molar-refractivity contribution in [2.24, 2.45) is 0 Å². The zero-order valence-electron chi connectivity index (χ0n) is 16.6. The second kappa shape index (κ2) is 10.6. The molecule has 6 heteroatoms. The van der Waals surface area contributed by atoms with Gasteiger partial charge < -0.3 is 10.2 Å². The van der Waals surface area contributed by atoms with Crippen LogP contribution in [0.5, 0.6) is 0 Å². The monoisotopic (exact) mass is 379 g/mol. The van der Waals surface area contributed by atoms with Crippen LogP contribution in [0.1, 0.15) is 35.8 Å². The normalized spacial score (nSPS) is 15.1. The third-order valence-electron chi connectivity index (χ3n) is 4.82. The summed E-state index contributed by atoms with van der Waals surface area (Å²) in [5, 5.41) is 2.91. The lowest BCUT2D eigenvalue weighted by Gasteiger charge is -2.34. The highest BCUT2D eigenvalue weighted by molar-refractivity contribution is 5.92. The largest absolute Gasteiger partial charge is 0.351 e. The predicted molar refractivity (Wildman–Crippen MR) is 113 cm³/mol. The Morgan fingerprint density at radius 3 is 2.68 bits per heavy atom. The van der Waals surface area contributed by atoms with E-state index in [0.29, 0.717) is 18.2 Å². The van der Waals surface area contributed by atoms with Gasteiger partial charge in [0.1, 0.15) is 5.69 Å². The second-order valence-electron chi connectivity index (χ2n) is 6.95. The smallest absolute Gasteiger partial charge is 0.270 e. The zero-order valence-corrected chi connectivity index (χ0v) is 16.6. The number of hydrogen-bond acceptors (Lipinski definition) is 5. The molecule has 148 valence electrons. The molecule has 3 rings (SSSR count). The fourth-order valence-electron chi connectivity index (χ4n) is 3.13. The van der Waals surface area contributed by atoms with E-state index in [2.05, 4.69) is 68.4 Å². The fraction of sp³-hybridized carbons (Fsp3) is 0.409. The van der Waals surface area contributed by atoms with Crippen LogP contribution < -0.4 is 10.2 Å². The lowest BCUT2D eigenvalue weighted by molar-refractivity contribution is 0.0948. The van der Waals surface area contributed by atoms with Crippen LogP contribution in [0.3, 0.4) is 0 Å². The van der Waals surface area contributed by atoms with Crippen molar-refractivity contribution < 1.29 is 4.79 Å². The molecule has 0 aliphatic carbocycles. The summed E-state index contributed by atoms with van der Waals surface area (Å²) < 4.78 is 0. The summed E-state index contributed by atoms with van der Waals surface area (Å²) in [5.41, 5.74) is 1.66. The van der Waals surface area contributed by atoms with E-state index in [1.54, 1.807) is 12.3 Å². The first-order valence-electron chi connectivity index (χ1n) is 10.1. The Kier molecular flexibility index (Phi) is 7.55. The van der Waals surface area contributed by atoms with Crippen molar-refractivity contribution in [3.05, 3.63) is 59.9 Å². The Bertz CT molecular complexity index is 770. The molecule has 0 spiro atoms. The molecule has 1 amide bonds. The van der Waals surface area contributed by atoms with Gasteiger partial charge in [0.15, 0.2) is 0 Å². The summed E-state index contributed by atoms with van der Waals surface area (Å²) in [7, 11) is 0. The summed E-state index contributed by atoms with van der Waals surface area (Å²) in [6.45, 7) is 7.35. The number of amides is 1. The fourth-order valence-corrected chi connectivity index (χ4v) is 3.13. The van der Waals surface area contributed by atoms with Gasteiger partial charge in [-0.05, 0) is 18.1 Å². The number of hydrogen-bond donors (Lipinski definition) is 1. The first-order valence-corrected chi connectivity index (χ1v) is 10.1. The molecule has 1 aromatic heterocycles. The Hall–Kier alpha value is -2.73. The molecule has 1 fully saturated rings. The standard InChI is InChI=1S/C22H29N5O/c1-2-3-12-23-21(28)20-11-13-24-22(25-20)27-17-15-26(16-18-27)14-7-10-19-8-5-4-6-9-19/h4-11,13H,2-3,12,14-18H2,1H3,(H,23,28)/b10-7+. The average molecular weight is 380 g/mol. The van der Waals surface area contributed by atoms with Crippen LogP contribution in [0.25, 0.3) is 6.08 Å². The molecule has 28 heavy (non-hydrogen) atoms. The van der Waals surface area contributed by atoms with E-state index in [1.807, 2.05) is 6.07 Å². The van der Waals surface area contributed by atoms with Crippen molar-refractivity contribution in [1.29, 1.82) is 0 Å². The summed E-state index contributed by atoms with van der Waals surface area (Å²) in [6.07, 6.45) is 8.08. The van der Waals surface area contributed by atoms with Gasteiger partial charge in [0.2, 0.25) is 5.95 Å². The van der Waals surface area contributed by atoms with Crippen LogP contribution >= 0.6 is 0 Å². The molecule has 0 atom stereocenters. The van der Waals surface area contributed by atoms with Crippen molar-refractivity contribution in [2.75, 3.05) is 44.2 Å². The van der Waals surface area contributed by atoms with Crippen LogP contribution in [0, 0.1) is 0 Å². The maximum Gasteiger partial charge on any atom is 0.270 e. The minimum atomic E-state index is -0.123. The number of benzene rings is 1. The number of carbonyl (C=O) groups excluding carboxylic acids is 1. The van der Waals surface area contributed by atoms with E-state index in [9.17, 15) is 4.79 Å². The van der Waals surface area contributed by atoms with Gasteiger partial charge in [0.05, 0.1) is 0 Å². The van der Waals surface area contributed by atoms with E-state index in [1.165, 1.54) is 5.56 Å². The van der Waals surface area contributed by atoms with E-state index in [0.717, 1.165) is 45.6 Å². The lowest BCUT2D eigenvalue weighted by Crippen LogP contribution is -2.47. The predicted octanol–water partition coefficient (Wildman–Crippen LogP) is 2.84. The number of unbranched alkanes of at least 4 members (excludes halogenated alkanes) is 1. The molecular formula is C22H29N5O. The number of carbonyl (C=O) groups is 1. The van der Waals surface area contributed by atoms with Crippen LogP contribution in [0.15, 0.2) is 48.7 Å². The van der Waals surface area contributed by atoms with Gasteiger partial charge in [-0.1, -0.05) is 55.8 Å². The molecule has 1 N–H and O–H groups in total. The van der Waals surface area contributed by atoms with Gasteiger partial charge >= 0.3 is 0 Å². The van der Waals surface area contributed by atoms with Gasteiger partial charge in [-0.2, -0.15) is 0 Å². The average Bonchev–Trinajstić information content (AvgIpc) is 2.75. The topological polar surface area (TPSA) is 61.4 Å². The number of nitrogens with one attached hydrogen (secondary N) is 1. The molecule has 1 aliphatic heterocycles. The van der Waals surface area contributed by atoms with E-state index in [-0.39, 0.29) is 5.91 Å². The molecular weight excluding hydrogens is 350 g/mol. The van der Waals surface area contributed by atoms with Crippen LogP contribution in [0.4, 0.5) is 5.95 Å². The summed E-state index contributed by atoms with van der Waals surface area (Å²) in [6, 6.07) is 12.0. The van der Waals surface area contributed by atoms with Crippen molar-refractivity contribution in [3.63, 3.8) is 0 Å². The second-order valence-corrected chi connectivity index (χ2v) is 6.95. The highest BCUT2D eigenvalue weighted by atomic mass is 16.1. The van der Waals surface area contributed by atoms with Crippen LogP contribution in [-0.2, 0) is 0 Å². The third kappa shape index (κ3) is 5.89. The summed E-state index contributed by atoms with van der Waals surface area (Å²) in [5.74, 6) is 0.518. The van der Waals surface area contributed by atoms with Crippen molar-refractivity contribution in [1.82, 2.24) is 20.2 Å². The molecule has 0 saturated carbocycles. The van der Waals surface area contributed by atoms with Gasteiger partial charge in [-0.3, -0.25) is 9.69 Å². The maximum atomic E-state index is 12.2. The molecule has 0 unspecified atom stereocenters. The molecule has 1 aromatic carbocycles. The number of anilines is 1. The summed E-state index contributed by atoms with van der Waals surface area (Å²) in [4.78, 5) is 25.6. The molecule has 2 heterocycles. The summed E-state index contributed by atoms with van der Waals surface area (Å²) >= 11 is 0. The number of aromatic nitrogens is 2. The molecule has 0 radical (unpaired) electrons. The van der Waals surface area contributed by atoms with E-state index in [4.69, 9.17) is 0 Å². The van der Waals surface area contributed by atoms with Crippen LogP contribution in [-0.4, -0.2) is 60.0 Å². The lowest BCUT2D eigenvalue weighted by atomic mass is 10.2. The van der Waals surface area contributed by atoms with Crippen molar-refractivity contribution in [2.45, 2.75) is 19.8 Å². The first kappa shape index (κ1) is 20.0. The highest BCUT2D eigenvalue weighted by Gasteiger charge is 2.19. The molecule has 0 bridgehead atoms. The van der Waals surface area contributed by atoms with Crippen LogP contribution in [0.2, 0.25) is 0 Å². The minimum Gasteiger partial charge on any atom is -0.351 e. The first-order chi connectivity index (χ1) is 13.8. The van der Waals surface area contributed by atoms with Gasteiger partial charge in [-0.25, -0.2) is 9.97 Å². The zero-order chi connectivity index (χ0) is 19.6.